The fourth-order valence-corrected chi connectivity index (χ4v) is 2.03. The normalized spacial score (nSPS) is 9.77. The van der Waals surface area contributed by atoms with Gasteiger partial charge in [0.1, 0.15) is 11.3 Å². The summed E-state index contributed by atoms with van der Waals surface area (Å²) in [6, 6.07) is 7.51. The maximum absolute atomic E-state index is 11.8. The van der Waals surface area contributed by atoms with Crippen molar-refractivity contribution in [3.63, 3.8) is 0 Å². The molecule has 1 heterocycles. The molecule has 0 aliphatic rings. The van der Waals surface area contributed by atoms with Gasteiger partial charge < -0.3 is 20.2 Å². The number of ether oxygens (including phenoxy) is 2. The Labute approximate surface area is 134 Å². The summed E-state index contributed by atoms with van der Waals surface area (Å²) < 4.78 is 9.34. The summed E-state index contributed by atoms with van der Waals surface area (Å²) in [4.78, 5) is 26.5. The number of carbonyl (C=O) groups excluding carboxylic acids is 2. The molecule has 0 amide bonds. The van der Waals surface area contributed by atoms with Crippen LogP contribution in [0.3, 0.4) is 0 Å². The molecule has 6 nitrogen and oxygen atoms in total. The van der Waals surface area contributed by atoms with Crippen molar-refractivity contribution in [2.24, 2.45) is 0 Å². The van der Waals surface area contributed by atoms with Crippen molar-refractivity contribution in [1.29, 1.82) is 0 Å². The Bertz CT molecular complexity index is 692. The molecule has 0 bridgehead atoms. The minimum absolute atomic E-state index is 0. The predicted molar refractivity (Wildman–Crippen MR) is 85.3 cm³/mol. The molecule has 0 unspecified atom stereocenters. The topological polar surface area (TPSA) is 94.4 Å². The number of aromatic amines is 1. The molecule has 22 heavy (non-hydrogen) atoms. The number of carbonyl (C=O) groups is 2. The van der Waals surface area contributed by atoms with Gasteiger partial charge in [-0.25, -0.2) is 9.59 Å². The van der Waals surface area contributed by atoms with Crippen LogP contribution in [-0.2, 0) is 9.47 Å². The van der Waals surface area contributed by atoms with Crippen molar-refractivity contribution >= 4 is 30.0 Å². The molecule has 0 aliphatic heterocycles. The highest BCUT2D eigenvalue weighted by atomic mass is 35.5. The number of hydrogen-bond donors (Lipinski definition) is 2. The molecule has 0 radical (unpaired) electrons. The van der Waals surface area contributed by atoms with Gasteiger partial charge in [-0.15, -0.1) is 12.4 Å². The number of aromatic nitrogens is 1. The number of anilines is 1. The van der Waals surface area contributed by atoms with Crippen molar-refractivity contribution < 1.29 is 19.1 Å². The number of methoxy groups -OCH3 is 2. The van der Waals surface area contributed by atoms with Crippen LogP contribution >= 0.6 is 12.4 Å². The zero-order chi connectivity index (χ0) is 15.6. The van der Waals surface area contributed by atoms with E-state index in [-0.39, 0.29) is 29.4 Å². The molecule has 2 rings (SSSR count). The molecule has 1 aromatic heterocycles. The van der Waals surface area contributed by atoms with Crippen molar-refractivity contribution in [3.8, 4) is 11.3 Å². The number of nitrogens with one attached hydrogen (secondary N) is 1. The number of aryl methyl sites for hydroxylation is 1. The SMILES string of the molecule is COC(=O)c1[nH]c(-c2ccc(C)cc2)c(N)c1C(=O)OC.Cl. The molecule has 1 aromatic carbocycles. The molecule has 0 saturated heterocycles. The van der Waals surface area contributed by atoms with Crippen molar-refractivity contribution in [3.05, 3.63) is 41.1 Å². The van der Waals surface area contributed by atoms with Crippen molar-refractivity contribution in [2.45, 2.75) is 6.92 Å². The third-order valence-electron chi connectivity index (χ3n) is 3.16. The molecule has 0 fully saturated rings. The van der Waals surface area contributed by atoms with E-state index in [1.165, 1.54) is 14.2 Å². The monoisotopic (exact) mass is 324 g/mol. The lowest BCUT2D eigenvalue weighted by Gasteiger charge is -2.02. The van der Waals surface area contributed by atoms with E-state index in [2.05, 4.69) is 14.5 Å². The maximum atomic E-state index is 11.8. The molecule has 0 aliphatic carbocycles. The molecule has 0 spiro atoms. The second-order valence-electron chi connectivity index (χ2n) is 4.51. The van der Waals surface area contributed by atoms with Crippen LogP contribution in [0.25, 0.3) is 11.3 Å². The summed E-state index contributed by atoms with van der Waals surface area (Å²) in [7, 11) is 2.45. The molecule has 7 heteroatoms. The number of esters is 2. The van der Waals surface area contributed by atoms with Crippen LogP contribution in [0.4, 0.5) is 5.69 Å². The third-order valence-corrected chi connectivity index (χ3v) is 3.16. The lowest BCUT2D eigenvalue weighted by atomic mass is 10.1. The van der Waals surface area contributed by atoms with Gasteiger partial charge in [0.25, 0.3) is 0 Å². The Kier molecular flexibility index (Phi) is 5.59. The van der Waals surface area contributed by atoms with Crippen LogP contribution < -0.4 is 5.73 Å². The zero-order valence-corrected chi connectivity index (χ0v) is 13.2. The standard InChI is InChI=1S/C15H16N2O4.ClH/c1-8-4-6-9(7-5-8)12-11(16)10(14(18)20-2)13(17-12)15(19)21-3;/h4-7,17H,16H2,1-3H3;1H. The number of H-pyrrole nitrogens is 1. The zero-order valence-electron chi connectivity index (χ0n) is 12.4. The van der Waals surface area contributed by atoms with E-state index in [4.69, 9.17) is 5.73 Å². The van der Waals surface area contributed by atoms with Crippen LogP contribution in [0.15, 0.2) is 24.3 Å². The molecule has 2 aromatic rings. The van der Waals surface area contributed by atoms with Crippen LogP contribution in [0.2, 0.25) is 0 Å². The Morgan fingerprint density at radius 3 is 2.09 bits per heavy atom. The van der Waals surface area contributed by atoms with E-state index in [0.717, 1.165) is 11.1 Å². The second kappa shape index (κ2) is 7.00. The van der Waals surface area contributed by atoms with Crippen LogP contribution in [-0.4, -0.2) is 31.1 Å². The third kappa shape index (κ3) is 3.07. The van der Waals surface area contributed by atoms with E-state index in [1.54, 1.807) is 0 Å². The van der Waals surface area contributed by atoms with Gasteiger partial charge in [0, 0.05) is 5.56 Å². The number of rotatable bonds is 3. The number of halogens is 1. The van der Waals surface area contributed by atoms with Crippen molar-refractivity contribution in [2.75, 3.05) is 20.0 Å². The van der Waals surface area contributed by atoms with Gasteiger partial charge in [-0.05, 0) is 6.92 Å². The van der Waals surface area contributed by atoms with Gasteiger partial charge in [-0.1, -0.05) is 29.8 Å². The van der Waals surface area contributed by atoms with E-state index in [9.17, 15) is 9.59 Å². The lowest BCUT2D eigenvalue weighted by Crippen LogP contribution is -2.11. The van der Waals surface area contributed by atoms with Gasteiger partial charge in [0.2, 0.25) is 0 Å². The highest BCUT2D eigenvalue weighted by Crippen LogP contribution is 2.31. The first-order valence-corrected chi connectivity index (χ1v) is 6.24. The Balaban J connectivity index is 0.00000242. The molecule has 0 atom stereocenters. The summed E-state index contributed by atoms with van der Waals surface area (Å²) in [6.45, 7) is 1.96. The van der Waals surface area contributed by atoms with Gasteiger partial charge in [-0.2, -0.15) is 0 Å². The minimum Gasteiger partial charge on any atom is -0.465 e. The fourth-order valence-electron chi connectivity index (χ4n) is 2.03. The maximum Gasteiger partial charge on any atom is 0.355 e. The van der Waals surface area contributed by atoms with E-state index in [1.807, 2.05) is 31.2 Å². The largest absolute Gasteiger partial charge is 0.465 e. The second-order valence-corrected chi connectivity index (χ2v) is 4.51. The number of benzene rings is 1. The predicted octanol–water partition coefficient (Wildman–Crippen LogP) is 2.57. The number of nitrogen functional groups attached to an aromatic ring is 1. The Hall–Kier alpha value is -2.47. The van der Waals surface area contributed by atoms with Gasteiger partial charge >= 0.3 is 11.9 Å². The Morgan fingerprint density at radius 1 is 1.05 bits per heavy atom. The summed E-state index contributed by atoms with van der Waals surface area (Å²) in [5, 5.41) is 0. The summed E-state index contributed by atoms with van der Waals surface area (Å²) in [6.07, 6.45) is 0. The number of nitrogens with two attached hydrogens (primary N) is 1. The quantitative estimate of drug-likeness (QED) is 0.846. The lowest BCUT2D eigenvalue weighted by molar-refractivity contribution is 0.0553. The molecular weight excluding hydrogens is 308 g/mol. The highest BCUT2D eigenvalue weighted by Gasteiger charge is 2.27. The first kappa shape index (κ1) is 17.6. The van der Waals surface area contributed by atoms with Gasteiger partial charge in [-0.3, -0.25) is 0 Å². The average molecular weight is 325 g/mol. The van der Waals surface area contributed by atoms with E-state index >= 15 is 0 Å². The first-order valence-electron chi connectivity index (χ1n) is 6.24. The highest BCUT2D eigenvalue weighted by molar-refractivity contribution is 6.08. The average Bonchev–Trinajstić information content (AvgIpc) is 2.84. The van der Waals surface area contributed by atoms with E-state index < -0.39 is 11.9 Å². The van der Waals surface area contributed by atoms with Gasteiger partial charge in [0.15, 0.2) is 0 Å². The summed E-state index contributed by atoms with van der Waals surface area (Å²) in [5.74, 6) is -1.37. The molecule has 0 saturated carbocycles. The number of hydrogen-bond acceptors (Lipinski definition) is 5. The van der Waals surface area contributed by atoms with E-state index in [0.29, 0.717) is 5.69 Å². The Morgan fingerprint density at radius 2 is 1.59 bits per heavy atom. The first-order chi connectivity index (χ1) is 9.99. The summed E-state index contributed by atoms with van der Waals surface area (Å²) in [5.41, 5.74) is 8.46. The molecule has 3 N–H and O–H groups in total. The van der Waals surface area contributed by atoms with Crippen LogP contribution in [0.5, 0.6) is 0 Å². The van der Waals surface area contributed by atoms with Crippen molar-refractivity contribution in [1.82, 2.24) is 4.98 Å². The summed E-state index contributed by atoms with van der Waals surface area (Å²) >= 11 is 0. The minimum atomic E-state index is -0.692. The van der Waals surface area contributed by atoms with Crippen LogP contribution in [0, 0.1) is 6.92 Å². The molecule has 118 valence electrons. The van der Waals surface area contributed by atoms with Crippen LogP contribution in [0.1, 0.15) is 26.4 Å². The molecular formula is C15H17ClN2O4. The fraction of sp³-hybridized carbons (Fsp3) is 0.200. The van der Waals surface area contributed by atoms with Gasteiger partial charge in [0.05, 0.1) is 25.6 Å². The smallest absolute Gasteiger partial charge is 0.355 e.